The molecule has 1 aromatic heterocycles. The first-order valence-electron chi connectivity index (χ1n) is 6.45. The summed E-state index contributed by atoms with van der Waals surface area (Å²) >= 11 is 0. The van der Waals surface area contributed by atoms with E-state index in [-0.39, 0.29) is 18.0 Å². The first kappa shape index (κ1) is 14.8. The van der Waals surface area contributed by atoms with Gasteiger partial charge in [0.2, 0.25) is 5.91 Å². The number of pyridine rings is 1. The van der Waals surface area contributed by atoms with Gasteiger partial charge in [-0.15, -0.1) is 0 Å². The van der Waals surface area contributed by atoms with Crippen LogP contribution in [0.2, 0.25) is 0 Å². The van der Waals surface area contributed by atoms with Crippen LogP contribution in [0.25, 0.3) is 0 Å². The Balaban J connectivity index is 1.85. The lowest BCUT2D eigenvalue weighted by Crippen LogP contribution is -2.45. The maximum atomic E-state index is 11.7. The summed E-state index contributed by atoms with van der Waals surface area (Å²) in [5.74, 6) is -1.17. The first-order valence-corrected chi connectivity index (χ1v) is 6.45. The highest BCUT2D eigenvalue weighted by molar-refractivity contribution is 5.88. The number of nitrogens with one attached hydrogen (secondary N) is 2. The Hall–Kier alpha value is -2.64. The average molecular weight is 292 g/mol. The fraction of sp³-hybridized carbons (Fsp3) is 0.385. The van der Waals surface area contributed by atoms with Crippen molar-refractivity contribution in [3.63, 3.8) is 0 Å². The Morgan fingerprint density at radius 1 is 1.52 bits per heavy atom. The zero-order chi connectivity index (χ0) is 15.4. The van der Waals surface area contributed by atoms with Gasteiger partial charge in [-0.05, 0) is 18.6 Å². The molecule has 3 amide bonds. The van der Waals surface area contributed by atoms with Crippen molar-refractivity contribution in [2.75, 3.05) is 13.6 Å². The zero-order valence-corrected chi connectivity index (χ0v) is 11.5. The van der Waals surface area contributed by atoms with Crippen LogP contribution in [0, 0.1) is 0 Å². The predicted octanol–water partition coefficient (Wildman–Crippen LogP) is -0.190. The fourth-order valence-electron chi connectivity index (χ4n) is 2.04. The summed E-state index contributed by atoms with van der Waals surface area (Å²) in [4.78, 5) is 39.7. The van der Waals surface area contributed by atoms with E-state index in [2.05, 4.69) is 15.6 Å². The number of carbonyl (C=O) groups is 3. The number of aromatic carboxylic acids is 1. The number of likely N-dealkylation sites (N-methyl/N-ethyl adjacent to an activating group) is 1. The van der Waals surface area contributed by atoms with Gasteiger partial charge in [0.05, 0.1) is 17.8 Å². The van der Waals surface area contributed by atoms with Crippen LogP contribution in [0.1, 0.15) is 22.5 Å². The number of carboxylic acids is 1. The number of carbonyl (C=O) groups excluding carboxylic acids is 2. The Labute approximate surface area is 121 Å². The number of amides is 3. The van der Waals surface area contributed by atoms with Crippen LogP contribution in [0.3, 0.4) is 0 Å². The molecule has 0 bridgehead atoms. The maximum absolute atomic E-state index is 11.7. The number of carboxylic acid groups (broad SMARTS) is 1. The molecular weight excluding hydrogens is 276 g/mol. The van der Waals surface area contributed by atoms with Crippen LogP contribution in [-0.2, 0) is 11.3 Å². The van der Waals surface area contributed by atoms with Crippen LogP contribution >= 0.6 is 0 Å². The van der Waals surface area contributed by atoms with Gasteiger partial charge in [0, 0.05) is 19.8 Å². The lowest BCUT2D eigenvalue weighted by molar-refractivity contribution is -0.128. The molecule has 1 unspecified atom stereocenters. The number of aromatic nitrogens is 1. The Bertz CT molecular complexity index is 575. The van der Waals surface area contributed by atoms with Crippen LogP contribution in [0.15, 0.2) is 18.3 Å². The van der Waals surface area contributed by atoms with Crippen molar-refractivity contribution in [1.29, 1.82) is 0 Å². The molecular formula is C13H16N4O4. The highest BCUT2D eigenvalue weighted by Gasteiger charge is 2.30. The summed E-state index contributed by atoms with van der Waals surface area (Å²) in [6.45, 7) is 0.704. The van der Waals surface area contributed by atoms with E-state index in [4.69, 9.17) is 5.11 Å². The smallest absolute Gasteiger partial charge is 0.335 e. The zero-order valence-electron chi connectivity index (χ0n) is 11.5. The molecule has 8 heteroatoms. The minimum absolute atomic E-state index is 0.0870. The van der Waals surface area contributed by atoms with Crippen LogP contribution in [0.4, 0.5) is 4.79 Å². The van der Waals surface area contributed by atoms with Crippen molar-refractivity contribution < 1.29 is 19.5 Å². The van der Waals surface area contributed by atoms with E-state index in [1.54, 1.807) is 11.9 Å². The van der Waals surface area contributed by atoms with E-state index >= 15 is 0 Å². The normalized spacial score (nSPS) is 17.7. The summed E-state index contributed by atoms with van der Waals surface area (Å²) < 4.78 is 0. The number of rotatable bonds is 4. The molecule has 3 N–H and O–H groups in total. The number of urea groups is 1. The number of nitrogens with zero attached hydrogens (tertiary/aromatic N) is 2. The summed E-state index contributed by atoms with van der Waals surface area (Å²) in [5, 5.41) is 14.0. The topological polar surface area (TPSA) is 112 Å². The van der Waals surface area contributed by atoms with Gasteiger partial charge in [-0.25, -0.2) is 9.59 Å². The van der Waals surface area contributed by atoms with Gasteiger partial charge in [0.1, 0.15) is 6.04 Å². The maximum Gasteiger partial charge on any atom is 0.335 e. The van der Waals surface area contributed by atoms with Gasteiger partial charge >= 0.3 is 12.0 Å². The second-order valence-corrected chi connectivity index (χ2v) is 4.77. The van der Waals surface area contributed by atoms with Crippen LogP contribution < -0.4 is 10.6 Å². The monoisotopic (exact) mass is 292 g/mol. The molecule has 0 spiro atoms. The summed E-state index contributed by atoms with van der Waals surface area (Å²) in [6.07, 6.45) is 1.95. The summed E-state index contributed by atoms with van der Waals surface area (Å²) in [5.41, 5.74) is 0.537. The fourth-order valence-corrected chi connectivity index (χ4v) is 2.04. The Morgan fingerprint density at radius 3 is 2.90 bits per heavy atom. The second-order valence-electron chi connectivity index (χ2n) is 4.77. The van der Waals surface area contributed by atoms with Gasteiger partial charge in [-0.3, -0.25) is 9.78 Å². The van der Waals surface area contributed by atoms with Crippen molar-refractivity contribution in [3.05, 3.63) is 29.6 Å². The van der Waals surface area contributed by atoms with E-state index in [9.17, 15) is 14.4 Å². The minimum atomic E-state index is -1.05. The van der Waals surface area contributed by atoms with Gasteiger partial charge in [0.25, 0.3) is 0 Å². The molecule has 8 nitrogen and oxygen atoms in total. The van der Waals surface area contributed by atoms with E-state index in [1.165, 1.54) is 18.3 Å². The van der Waals surface area contributed by atoms with Crippen LogP contribution in [0.5, 0.6) is 0 Å². The van der Waals surface area contributed by atoms with Crippen molar-refractivity contribution >= 4 is 17.9 Å². The molecule has 21 heavy (non-hydrogen) atoms. The van der Waals surface area contributed by atoms with Crippen molar-refractivity contribution in [1.82, 2.24) is 20.5 Å². The van der Waals surface area contributed by atoms with Gasteiger partial charge in [0.15, 0.2) is 0 Å². The predicted molar refractivity (Wildman–Crippen MR) is 72.6 cm³/mol. The molecule has 1 saturated heterocycles. The molecule has 112 valence electrons. The van der Waals surface area contributed by atoms with Gasteiger partial charge in [-0.1, -0.05) is 0 Å². The van der Waals surface area contributed by atoms with Gasteiger partial charge < -0.3 is 20.6 Å². The number of likely N-dealkylation sites (tertiary alicyclic amines) is 1. The first-order chi connectivity index (χ1) is 9.97. The molecule has 2 heterocycles. The highest BCUT2D eigenvalue weighted by Crippen LogP contribution is 2.08. The summed E-state index contributed by atoms with van der Waals surface area (Å²) in [6, 6.07) is 1.77. The Kier molecular flexibility index (Phi) is 4.36. The van der Waals surface area contributed by atoms with Crippen molar-refractivity contribution in [3.8, 4) is 0 Å². The molecule has 1 aliphatic rings. The average Bonchev–Trinajstić information content (AvgIpc) is 2.77. The van der Waals surface area contributed by atoms with E-state index < -0.39 is 18.0 Å². The largest absolute Gasteiger partial charge is 0.478 e. The van der Waals surface area contributed by atoms with Gasteiger partial charge in [-0.2, -0.15) is 0 Å². The quantitative estimate of drug-likeness (QED) is 0.712. The molecule has 1 fully saturated rings. The highest BCUT2D eigenvalue weighted by atomic mass is 16.4. The molecule has 0 saturated carbocycles. The molecule has 0 radical (unpaired) electrons. The SMILES string of the molecule is CN1CCC(NC(=O)NCc2cc(C(=O)O)ccn2)C1=O. The van der Waals surface area contributed by atoms with Crippen LogP contribution in [-0.4, -0.2) is 52.5 Å². The molecule has 0 aromatic carbocycles. The van der Waals surface area contributed by atoms with E-state index in [0.29, 0.717) is 18.7 Å². The third-order valence-electron chi connectivity index (χ3n) is 3.23. The third kappa shape index (κ3) is 3.68. The third-order valence-corrected chi connectivity index (χ3v) is 3.23. The Morgan fingerprint density at radius 2 is 2.29 bits per heavy atom. The van der Waals surface area contributed by atoms with E-state index in [0.717, 1.165) is 0 Å². The van der Waals surface area contributed by atoms with Crippen molar-refractivity contribution in [2.24, 2.45) is 0 Å². The lowest BCUT2D eigenvalue weighted by atomic mass is 10.2. The molecule has 2 rings (SSSR count). The standard InChI is InChI=1S/C13H16N4O4/c1-17-5-3-10(11(17)18)16-13(21)15-7-9-6-8(12(19)20)2-4-14-9/h2,4,6,10H,3,5,7H2,1H3,(H,19,20)(H2,15,16,21). The van der Waals surface area contributed by atoms with E-state index in [1.807, 2.05) is 0 Å². The summed E-state index contributed by atoms with van der Waals surface area (Å²) in [7, 11) is 1.68. The number of hydrogen-bond donors (Lipinski definition) is 3. The number of hydrogen-bond acceptors (Lipinski definition) is 4. The lowest BCUT2D eigenvalue weighted by Gasteiger charge is -2.13. The van der Waals surface area contributed by atoms with Crippen molar-refractivity contribution in [2.45, 2.75) is 19.0 Å². The second kappa shape index (κ2) is 6.21. The molecule has 1 aliphatic heterocycles. The minimum Gasteiger partial charge on any atom is -0.478 e. The molecule has 1 aromatic rings. The molecule has 0 aliphatic carbocycles. The molecule has 1 atom stereocenters.